The Bertz CT molecular complexity index is 823. The number of carbonyl (C=O) groups excluding carboxylic acids is 2. The second-order valence-corrected chi connectivity index (χ2v) is 6.18. The number of benzene rings is 2. The SMILES string of the molecule is O=C(Nc1ccc([N+](=O)[O-])cc1)[C@@H]1CCCN1C(=O)OCc1ccccc1. The molecule has 0 radical (unpaired) electrons. The lowest BCUT2D eigenvalue weighted by atomic mass is 10.2. The van der Waals surface area contributed by atoms with Crippen molar-refractivity contribution < 1.29 is 19.2 Å². The van der Waals surface area contributed by atoms with Gasteiger partial charge in [0.15, 0.2) is 0 Å². The van der Waals surface area contributed by atoms with Crippen molar-refractivity contribution in [2.75, 3.05) is 11.9 Å². The van der Waals surface area contributed by atoms with E-state index in [9.17, 15) is 19.7 Å². The summed E-state index contributed by atoms with van der Waals surface area (Å²) in [5.74, 6) is -0.335. The molecule has 3 rings (SSSR count). The van der Waals surface area contributed by atoms with Gasteiger partial charge in [-0.05, 0) is 30.5 Å². The molecule has 0 unspecified atom stereocenters. The fraction of sp³-hybridized carbons (Fsp3) is 0.263. The maximum Gasteiger partial charge on any atom is 0.410 e. The third-order valence-corrected chi connectivity index (χ3v) is 4.34. The lowest BCUT2D eigenvalue weighted by molar-refractivity contribution is -0.384. The Hall–Kier alpha value is -3.42. The molecular formula is C19H19N3O5. The van der Waals surface area contributed by atoms with E-state index in [1.165, 1.54) is 29.2 Å². The van der Waals surface area contributed by atoms with Crippen LogP contribution in [0.25, 0.3) is 0 Å². The second-order valence-electron chi connectivity index (χ2n) is 6.18. The molecule has 1 fully saturated rings. The van der Waals surface area contributed by atoms with Crippen LogP contribution in [-0.4, -0.2) is 34.4 Å². The minimum absolute atomic E-state index is 0.0556. The van der Waals surface area contributed by atoms with Crippen LogP contribution in [0, 0.1) is 10.1 Å². The second kappa shape index (κ2) is 8.31. The topological polar surface area (TPSA) is 102 Å². The van der Waals surface area contributed by atoms with Gasteiger partial charge >= 0.3 is 6.09 Å². The van der Waals surface area contributed by atoms with Gasteiger partial charge in [-0.15, -0.1) is 0 Å². The smallest absolute Gasteiger partial charge is 0.410 e. The van der Waals surface area contributed by atoms with Gasteiger partial charge in [-0.25, -0.2) is 4.79 Å². The number of hydrogen-bond donors (Lipinski definition) is 1. The van der Waals surface area contributed by atoms with Crippen molar-refractivity contribution in [3.63, 3.8) is 0 Å². The number of ether oxygens (including phenoxy) is 1. The molecule has 1 atom stereocenters. The number of carbonyl (C=O) groups is 2. The van der Waals surface area contributed by atoms with Gasteiger partial charge in [0, 0.05) is 24.4 Å². The van der Waals surface area contributed by atoms with Crippen LogP contribution in [0.5, 0.6) is 0 Å². The van der Waals surface area contributed by atoms with Crippen LogP contribution in [-0.2, 0) is 16.1 Å². The third kappa shape index (κ3) is 4.60. The number of amides is 2. The van der Waals surface area contributed by atoms with E-state index in [-0.39, 0.29) is 18.2 Å². The van der Waals surface area contributed by atoms with Crippen LogP contribution in [0.2, 0.25) is 0 Å². The van der Waals surface area contributed by atoms with E-state index in [4.69, 9.17) is 4.74 Å². The highest BCUT2D eigenvalue weighted by Crippen LogP contribution is 2.22. The minimum atomic E-state index is -0.622. The summed E-state index contributed by atoms with van der Waals surface area (Å²) in [5.41, 5.74) is 1.26. The number of rotatable bonds is 5. The van der Waals surface area contributed by atoms with Crippen molar-refractivity contribution >= 4 is 23.4 Å². The molecule has 2 aromatic carbocycles. The highest BCUT2D eigenvalue weighted by Gasteiger charge is 2.35. The Labute approximate surface area is 155 Å². The van der Waals surface area contributed by atoms with Gasteiger partial charge in [0.05, 0.1) is 4.92 Å². The van der Waals surface area contributed by atoms with Crippen LogP contribution in [0.3, 0.4) is 0 Å². The average Bonchev–Trinajstić information content (AvgIpc) is 3.17. The lowest BCUT2D eigenvalue weighted by Crippen LogP contribution is -2.43. The monoisotopic (exact) mass is 369 g/mol. The highest BCUT2D eigenvalue weighted by molar-refractivity contribution is 5.96. The number of likely N-dealkylation sites (tertiary alicyclic amines) is 1. The zero-order valence-electron chi connectivity index (χ0n) is 14.5. The molecule has 8 nitrogen and oxygen atoms in total. The Morgan fingerprint density at radius 1 is 1.15 bits per heavy atom. The Balaban J connectivity index is 1.58. The first kappa shape index (κ1) is 18.4. The van der Waals surface area contributed by atoms with Crippen LogP contribution in [0.1, 0.15) is 18.4 Å². The van der Waals surface area contributed by atoms with Gasteiger partial charge in [-0.3, -0.25) is 19.8 Å². The molecule has 1 aliphatic rings. The maximum atomic E-state index is 12.5. The predicted molar refractivity (Wildman–Crippen MR) is 98.1 cm³/mol. The van der Waals surface area contributed by atoms with E-state index in [0.717, 1.165) is 5.56 Å². The van der Waals surface area contributed by atoms with E-state index >= 15 is 0 Å². The molecule has 1 heterocycles. The summed E-state index contributed by atoms with van der Waals surface area (Å²) in [6.45, 7) is 0.596. The molecule has 0 aromatic heterocycles. The standard InChI is InChI=1S/C19H19N3O5/c23-18(20-15-8-10-16(11-9-15)22(25)26)17-7-4-12-21(17)19(24)27-13-14-5-2-1-3-6-14/h1-3,5-6,8-11,17H,4,7,12-13H2,(H,20,23)/t17-/m0/s1. The highest BCUT2D eigenvalue weighted by atomic mass is 16.6. The first-order valence-electron chi connectivity index (χ1n) is 8.57. The Kier molecular flexibility index (Phi) is 5.65. The molecule has 140 valence electrons. The number of nitrogens with zero attached hydrogens (tertiary/aromatic N) is 2. The molecule has 8 heteroatoms. The fourth-order valence-electron chi connectivity index (χ4n) is 2.95. The van der Waals surface area contributed by atoms with E-state index in [2.05, 4.69) is 5.32 Å². The van der Waals surface area contributed by atoms with Crippen LogP contribution < -0.4 is 5.32 Å². The Morgan fingerprint density at radius 2 is 1.85 bits per heavy atom. The van der Waals surface area contributed by atoms with Crippen molar-refractivity contribution in [3.8, 4) is 0 Å². The number of hydrogen-bond acceptors (Lipinski definition) is 5. The van der Waals surface area contributed by atoms with Crippen molar-refractivity contribution in [2.24, 2.45) is 0 Å². The van der Waals surface area contributed by atoms with E-state index in [1.54, 1.807) is 0 Å². The van der Waals surface area contributed by atoms with Crippen molar-refractivity contribution in [2.45, 2.75) is 25.5 Å². The first-order chi connectivity index (χ1) is 13.0. The molecule has 1 saturated heterocycles. The van der Waals surface area contributed by atoms with Gasteiger partial charge in [0.25, 0.3) is 5.69 Å². The van der Waals surface area contributed by atoms with Crippen molar-refractivity contribution in [1.29, 1.82) is 0 Å². The summed E-state index contributed by atoms with van der Waals surface area (Å²) < 4.78 is 5.32. The summed E-state index contributed by atoms with van der Waals surface area (Å²) >= 11 is 0. The van der Waals surface area contributed by atoms with Gasteiger partial charge in [0.1, 0.15) is 12.6 Å². The predicted octanol–water partition coefficient (Wildman–Crippen LogP) is 3.33. The van der Waals surface area contributed by atoms with Crippen molar-refractivity contribution in [1.82, 2.24) is 4.90 Å². The number of nitro groups is 1. The molecule has 0 aliphatic carbocycles. The summed E-state index contributed by atoms with van der Waals surface area (Å²) in [4.78, 5) is 36.5. The zero-order chi connectivity index (χ0) is 19.2. The first-order valence-corrected chi connectivity index (χ1v) is 8.57. The molecule has 0 bridgehead atoms. The van der Waals surface area contributed by atoms with E-state index in [1.807, 2.05) is 30.3 Å². The van der Waals surface area contributed by atoms with Gasteiger partial charge in [-0.2, -0.15) is 0 Å². The lowest BCUT2D eigenvalue weighted by Gasteiger charge is -2.23. The summed E-state index contributed by atoms with van der Waals surface area (Å²) in [7, 11) is 0. The third-order valence-electron chi connectivity index (χ3n) is 4.34. The van der Waals surface area contributed by atoms with Gasteiger partial charge in [-0.1, -0.05) is 30.3 Å². The number of nitro benzene ring substituents is 1. The van der Waals surface area contributed by atoms with Crippen molar-refractivity contribution in [3.05, 3.63) is 70.3 Å². The van der Waals surface area contributed by atoms with Crippen LogP contribution >= 0.6 is 0 Å². The summed E-state index contributed by atoms with van der Waals surface area (Å²) in [6, 6.07) is 14.2. The molecule has 0 spiro atoms. The molecule has 1 N–H and O–H groups in total. The molecule has 2 amide bonds. The largest absolute Gasteiger partial charge is 0.445 e. The van der Waals surface area contributed by atoms with Crippen LogP contribution in [0.15, 0.2) is 54.6 Å². The summed E-state index contributed by atoms with van der Waals surface area (Å²) in [5, 5.41) is 13.4. The number of anilines is 1. The van der Waals surface area contributed by atoms with E-state index < -0.39 is 17.1 Å². The molecule has 2 aromatic rings. The fourth-order valence-corrected chi connectivity index (χ4v) is 2.95. The maximum absolute atomic E-state index is 12.5. The van der Waals surface area contributed by atoms with Crippen LogP contribution in [0.4, 0.5) is 16.2 Å². The van der Waals surface area contributed by atoms with E-state index in [0.29, 0.717) is 25.1 Å². The zero-order valence-corrected chi connectivity index (χ0v) is 14.5. The number of non-ortho nitro benzene ring substituents is 1. The quantitative estimate of drug-likeness (QED) is 0.643. The summed E-state index contributed by atoms with van der Waals surface area (Å²) in [6.07, 6.45) is 0.720. The minimum Gasteiger partial charge on any atom is -0.445 e. The van der Waals surface area contributed by atoms with Gasteiger partial charge in [0.2, 0.25) is 5.91 Å². The van der Waals surface area contributed by atoms with Gasteiger partial charge < -0.3 is 10.1 Å². The normalized spacial score (nSPS) is 16.0. The molecule has 0 saturated carbocycles. The Morgan fingerprint density at radius 3 is 2.52 bits per heavy atom. The molecule has 27 heavy (non-hydrogen) atoms. The average molecular weight is 369 g/mol. The molecular weight excluding hydrogens is 350 g/mol. The number of nitrogens with one attached hydrogen (secondary N) is 1. The molecule has 1 aliphatic heterocycles.